The van der Waals surface area contributed by atoms with Crippen LogP contribution in [0.1, 0.15) is 92.0 Å². The van der Waals surface area contributed by atoms with Crippen molar-refractivity contribution in [2.75, 3.05) is 0 Å². The molecule has 0 aliphatic carbocycles. The maximum absolute atomic E-state index is 12.4. The molecule has 2 amide bonds. The molecule has 2 aromatic heterocycles. The summed E-state index contributed by atoms with van der Waals surface area (Å²) in [6.07, 6.45) is 2.31. The Labute approximate surface area is 262 Å². The number of amides is 2. The number of H-pyrrole nitrogens is 2. The van der Waals surface area contributed by atoms with Crippen LogP contribution in [-0.4, -0.2) is 60.6 Å². The number of carboxylic acid groups (broad SMARTS) is 2. The van der Waals surface area contributed by atoms with Crippen LogP contribution in [-0.2, 0) is 51.3 Å². The van der Waals surface area contributed by atoms with Gasteiger partial charge < -0.3 is 20.2 Å². The number of aliphatic carboxylic acids is 2. The number of aromatic nitrogens is 2. The summed E-state index contributed by atoms with van der Waals surface area (Å²) < 4.78 is 0. The number of carbonyl (C=O) groups is 4. The third-order valence-electron chi connectivity index (χ3n) is 8.79. The minimum absolute atomic E-state index is 0.0470. The van der Waals surface area contributed by atoms with Crippen molar-refractivity contribution in [2.45, 2.75) is 98.2 Å². The number of thiol groups is 1. The third kappa shape index (κ3) is 6.72. The fourth-order valence-electron chi connectivity index (χ4n) is 6.31. The van der Waals surface area contributed by atoms with Gasteiger partial charge in [0.15, 0.2) is 0 Å². The SMILES string of the molecule is CCC1=C(C)C(Cc2[nH]c(Cc3[nH]c(CC4=NC(=O)C(C)=C4[C@H](C)S)c(C)c3CCC(=O)O)c(CCC(=O)O)c2C)=NC1=O. The van der Waals surface area contributed by atoms with E-state index in [0.29, 0.717) is 61.1 Å². The Morgan fingerprint density at radius 3 is 1.66 bits per heavy atom. The number of allylic oxidation sites excluding steroid dienone is 1. The van der Waals surface area contributed by atoms with Crippen LogP contribution in [0.25, 0.3) is 0 Å². The summed E-state index contributed by atoms with van der Waals surface area (Å²) in [5, 5.41) is 18.8. The predicted octanol–water partition coefficient (Wildman–Crippen LogP) is 4.99. The maximum atomic E-state index is 12.4. The second-order valence-corrected chi connectivity index (χ2v) is 12.4. The zero-order chi connectivity index (χ0) is 32.5. The quantitative estimate of drug-likeness (QED) is 0.187. The highest BCUT2D eigenvalue weighted by atomic mass is 32.1. The van der Waals surface area contributed by atoms with E-state index in [1.807, 2.05) is 34.6 Å². The van der Waals surface area contributed by atoms with Crippen LogP contribution < -0.4 is 0 Å². The van der Waals surface area contributed by atoms with Crippen molar-refractivity contribution in [1.82, 2.24) is 9.97 Å². The van der Waals surface area contributed by atoms with E-state index >= 15 is 0 Å². The van der Waals surface area contributed by atoms with Gasteiger partial charge in [-0.3, -0.25) is 19.2 Å². The highest BCUT2D eigenvalue weighted by Gasteiger charge is 2.29. The van der Waals surface area contributed by atoms with E-state index < -0.39 is 11.9 Å². The highest BCUT2D eigenvalue weighted by Crippen LogP contribution is 2.31. The average Bonchev–Trinajstić information content (AvgIpc) is 3.59. The van der Waals surface area contributed by atoms with Gasteiger partial charge in [0.05, 0.1) is 11.4 Å². The van der Waals surface area contributed by atoms with Crippen molar-refractivity contribution in [3.63, 3.8) is 0 Å². The van der Waals surface area contributed by atoms with Crippen molar-refractivity contribution in [1.29, 1.82) is 0 Å². The van der Waals surface area contributed by atoms with Crippen molar-refractivity contribution >= 4 is 47.8 Å². The van der Waals surface area contributed by atoms with Gasteiger partial charge >= 0.3 is 11.9 Å². The normalized spacial score (nSPS) is 15.9. The van der Waals surface area contributed by atoms with Gasteiger partial charge in [0.25, 0.3) is 11.8 Å². The Morgan fingerprint density at radius 1 is 0.750 bits per heavy atom. The van der Waals surface area contributed by atoms with Crippen molar-refractivity contribution < 1.29 is 29.4 Å². The lowest BCUT2D eigenvalue weighted by Gasteiger charge is -2.11. The van der Waals surface area contributed by atoms with Gasteiger partial charge in [0, 0.05) is 71.3 Å². The minimum Gasteiger partial charge on any atom is -0.481 e. The molecule has 2 aliphatic heterocycles. The van der Waals surface area contributed by atoms with Crippen LogP contribution in [0.5, 0.6) is 0 Å². The topological polar surface area (TPSA) is 165 Å². The number of rotatable bonds is 14. The first-order valence-electron chi connectivity index (χ1n) is 14.9. The molecule has 0 radical (unpaired) electrons. The van der Waals surface area contributed by atoms with Gasteiger partial charge in [-0.25, -0.2) is 9.98 Å². The fraction of sp³-hybridized carbons (Fsp3) is 0.455. The summed E-state index contributed by atoms with van der Waals surface area (Å²) in [6.45, 7) is 11.4. The molecule has 0 unspecified atom stereocenters. The molecule has 2 aromatic rings. The van der Waals surface area contributed by atoms with E-state index in [1.165, 1.54) is 0 Å². The Kier molecular flexibility index (Phi) is 9.98. The molecular weight excluding hydrogens is 580 g/mol. The fourth-order valence-corrected chi connectivity index (χ4v) is 6.65. The molecule has 234 valence electrons. The lowest BCUT2D eigenvalue weighted by atomic mass is 9.96. The number of hydrogen-bond donors (Lipinski definition) is 5. The van der Waals surface area contributed by atoms with Crippen LogP contribution in [0.2, 0.25) is 0 Å². The molecule has 44 heavy (non-hydrogen) atoms. The summed E-state index contributed by atoms with van der Waals surface area (Å²) in [6, 6.07) is 0. The molecule has 10 nitrogen and oxygen atoms in total. The molecule has 2 aliphatic rings. The van der Waals surface area contributed by atoms with Crippen LogP contribution in [0.15, 0.2) is 32.3 Å². The first kappa shape index (κ1) is 32.9. The monoisotopic (exact) mass is 620 g/mol. The van der Waals surface area contributed by atoms with Gasteiger partial charge in [0.2, 0.25) is 0 Å². The third-order valence-corrected chi connectivity index (χ3v) is 9.04. The number of aliphatic imine (C=N–C) groups is 2. The van der Waals surface area contributed by atoms with Crippen molar-refractivity contribution in [2.24, 2.45) is 9.98 Å². The lowest BCUT2D eigenvalue weighted by molar-refractivity contribution is -0.138. The summed E-state index contributed by atoms with van der Waals surface area (Å²) in [4.78, 5) is 63.5. The molecule has 0 saturated heterocycles. The molecule has 4 heterocycles. The number of nitrogens with one attached hydrogen (secondary N) is 2. The summed E-state index contributed by atoms with van der Waals surface area (Å²) >= 11 is 4.57. The van der Waals surface area contributed by atoms with Crippen molar-refractivity contribution in [3.8, 4) is 0 Å². The van der Waals surface area contributed by atoms with Crippen LogP contribution >= 0.6 is 12.6 Å². The smallest absolute Gasteiger partial charge is 0.303 e. The molecule has 0 aromatic carbocycles. The summed E-state index contributed by atoms with van der Waals surface area (Å²) in [5.74, 6) is -2.29. The Hall–Kier alpha value is -3.99. The van der Waals surface area contributed by atoms with E-state index in [9.17, 15) is 29.4 Å². The minimum atomic E-state index is -0.907. The van der Waals surface area contributed by atoms with Gasteiger partial charge in [0.1, 0.15) is 0 Å². The number of carboxylic acids is 2. The van der Waals surface area contributed by atoms with Gasteiger partial charge in [-0.2, -0.15) is 12.6 Å². The van der Waals surface area contributed by atoms with E-state index in [0.717, 1.165) is 56.2 Å². The van der Waals surface area contributed by atoms with Crippen molar-refractivity contribution in [3.05, 3.63) is 67.3 Å². The molecule has 0 spiro atoms. The van der Waals surface area contributed by atoms with Gasteiger partial charge in [-0.15, -0.1) is 0 Å². The molecule has 1 atom stereocenters. The van der Waals surface area contributed by atoms with Crippen LogP contribution in [0.3, 0.4) is 0 Å². The average molecular weight is 621 g/mol. The standard InChI is InChI=1S/C33H40N4O6S/c1-7-20-15(2)25(36-33(20)43)12-23-16(3)21(8-10-29(38)39)26(34-23)14-27-22(9-11-30(40)41)17(4)24(35-27)13-28-31(19(6)44)18(5)32(42)37-28/h19,34-35,44H,7-14H2,1-6H3,(H,38,39)(H,40,41)/t19-/m0/s1. The largest absolute Gasteiger partial charge is 0.481 e. The molecule has 0 fully saturated rings. The van der Waals surface area contributed by atoms with Crippen LogP contribution in [0.4, 0.5) is 0 Å². The molecule has 4 rings (SSSR count). The second-order valence-electron chi connectivity index (χ2n) is 11.6. The van der Waals surface area contributed by atoms with E-state index in [2.05, 4.69) is 32.6 Å². The Bertz CT molecular complexity index is 1680. The lowest BCUT2D eigenvalue weighted by Crippen LogP contribution is -2.13. The first-order valence-corrected chi connectivity index (χ1v) is 15.4. The molecule has 11 heteroatoms. The predicted molar refractivity (Wildman–Crippen MR) is 172 cm³/mol. The van der Waals surface area contributed by atoms with Gasteiger partial charge in [-0.05, 0) is 87.3 Å². The summed E-state index contributed by atoms with van der Waals surface area (Å²) in [5.41, 5.74) is 11.3. The maximum Gasteiger partial charge on any atom is 0.303 e. The second kappa shape index (κ2) is 13.3. The Morgan fingerprint density at radius 2 is 1.23 bits per heavy atom. The number of carbonyl (C=O) groups excluding carboxylic acids is 2. The molecule has 0 bridgehead atoms. The van der Waals surface area contributed by atoms with E-state index in [4.69, 9.17) is 0 Å². The highest BCUT2D eigenvalue weighted by molar-refractivity contribution is 7.81. The zero-order valence-electron chi connectivity index (χ0n) is 26.1. The van der Waals surface area contributed by atoms with E-state index in [-0.39, 0.29) is 29.9 Å². The van der Waals surface area contributed by atoms with Gasteiger partial charge in [-0.1, -0.05) is 6.92 Å². The molecule has 0 saturated carbocycles. The number of nitrogens with zero attached hydrogens (tertiary/aromatic N) is 2. The molecule has 4 N–H and O–H groups in total. The van der Waals surface area contributed by atoms with Crippen LogP contribution in [0, 0.1) is 13.8 Å². The first-order chi connectivity index (χ1) is 20.7. The summed E-state index contributed by atoms with van der Waals surface area (Å²) in [7, 11) is 0. The number of aromatic amines is 2. The number of hydrogen-bond acceptors (Lipinski definition) is 5. The molecular formula is C33H40N4O6S. The zero-order valence-corrected chi connectivity index (χ0v) is 27.0. The Balaban J connectivity index is 1.74. The van der Waals surface area contributed by atoms with E-state index in [1.54, 1.807) is 6.92 Å².